The van der Waals surface area contributed by atoms with Crippen molar-refractivity contribution in [2.45, 2.75) is 6.92 Å². The van der Waals surface area contributed by atoms with E-state index in [2.05, 4.69) is 10.3 Å². The van der Waals surface area contributed by atoms with Gasteiger partial charge in [0.1, 0.15) is 6.54 Å². The van der Waals surface area contributed by atoms with Crippen molar-refractivity contribution < 1.29 is 19.1 Å². The predicted octanol–water partition coefficient (Wildman–Crippen LogP) is 0.486. The first-order valence-electron chi connectivity index (χ1n) is 6.18. The number of urea groups is 1. The van der Waals surface area contributed by atoms with Crippen LogP contribution in [0.5, 0.6) is 0 Å². The molecule has 3 heterocycles. The molecule has 0 saturated carbocycles. The third kappa shape index (κ3) is 2.10. The van der Waals surface area contributed by atoms with Crippen LogP contribution in [0.4, 0.5) is 10.5 Å². The van der Waals surface area contributed by atoms with Crippen molar-refractivity contribution in [3.63, 3.8) is 0 Å². The normalized spacial score (nSPS) is 14.7. The first-order chi connectivity index (χ1) is 9.99. The van der Waals surface area contributed by atoms with E-state index in [4.69, 9.17) is 4.74 Å². The average molecular weight is 288 g/mol. The smallest absolute Gasteiger partial charge is 0.339 e. The van der Waals surface area contributed by atoms with Crippen molar-refractivity contribution in [1.29, 1.82) is 0 Å². The summed E-state index contributed by atoms with van der Waals surface area (Å²) in [5.41, 5.74) is 1.87. The Hall–Kier alpha value is -2.90. The molecular weight excluding hydrogens is 276 g/mol. The number of aryl methyl sites for hydroxylation is 1. The molecule has 0 aromatic carbocycles. The molecule has 2 aromatic heterocycles. The van der Waals surface area contributed by atoms with E-state index in [1.54, 1.807) is 23.7 Å². The molecule has 21 heavy (non-hydrogen) atoms. The summed E-state index contributed by atoms with van der Waals surface area (Å²) in [6, 6.07) is 0.954. The Labute approximate surface area is 119 Å². The fourth-order valence-electron chi connectivity index (χ4n) is 2.27. The van der Waals surface area contributed by atoms with Crippen LogP contribution in [0.25, 0.3) is 5.65 Å². The number of fused-ring (bicyclic) bond motifs is 1. The third-order valence-corrected chi connectivity index (χ3v) is 3.16. The van der Waals surface area contributed by atoms with Gasteiger partial charge >= 0.3 is 12.0 Å². The molecule has 3 amide bonds. The number of carbonyl (C=O) groups is 3. The van der Waals surface area contributed by atoms with Crippen LogP contribution in [0.1, 0.15) is 16.1 Å². The molecule has 0 aliphatic carbocycles. The molecular formula is C13H12N4O4. The highest BCUT2D eigenvalue weighted by atomic mass is 16.5. The topological polar surface area (TPSA) is 93.0 Å². The van der Waals surface area contributed by atoms with Gasteiger partial charge in [0, 0.05) is 12.4 Å². The average Bonchev–Trinajstić information content (AvgIpc) is 2.97. The predicted molar refractivity (Wildman–Crippen MR) is 72.2 cm³/mol. The largest absolute Gasteiger partial charge is 0.465 e. The lowest BCUT2D eigenvalue weighted by Crippen LogP contribution is -2.28. The zero-order valence-corrected chi connectivity index (χ0v) is 11.4. The second-order valence-electron chi connectivity index (χ2n) is 4.66. The van der Waals surface area contributed by atoms with E-state index in [0.717, 1.165) is 5.69 Å². The van der Waals surface area contributed by atoms with Gasteiger partial charge in [-0.05, 0) is 13.0 Å². The SMILES string of the molecule is COC(=O)c1cc(N2CC(=O)NC2=O)c2nc(C)cn2c1. The van der Waals surface area contributed by atoms with Crippen molar-refractivity contribution in [3.8, 4) is 0 Å². The van der Waals surface area contributed by atoms with Crippen molar-refractivity contribution >= 4 is 29.2 Å². The third-order valence-electron chi connectivity index (χ3n) is 3.16. The summed E-state index contributed by atoms with van der Waals surface area (Å²) in [7, 11) is 1.28. The second-order valence-corrected chi connectivity index (χ2v) is 4.66. The maximum Gasteiger partial charge on any atom is 0.339 e. The van der Waals surface area contributed by atoms with Gasteiger partial charge < -0.3 is 9.14 Å². The number of pyridine rings is 1. The minimum Gasteiger partial charge on any atom is -0.465 e. The fourth-order valence-corrected chi connectivity index (χ4v) is 2.27. The number of imide groups is 1. The molecule has 1 saturated heterocycles. The number of ether oxygens (including phenoxy) is 1. The minimum absolute atomic E-state index is 0.106. The minimum atomic E-state index is -0.537. The number of rotatable bonds is 2. The van der Waals surface area contributed by atoms with Gasteiger partial charge in [0.2, 0.25) is 5.91 Å². The molecule has 0 unspecified atom stereocenters. The lowest BCUT2D eigenvalue weighted by Gasteiger charge is -2.15. The number of carbonyl (C=O) groups excluding carboxylic acids is 3. The fraction of sp³-hybridized carbons (Fsp3) is 0.231. The number of amides is 3. The zero-order valence-electron chi connectivity index (χ0n) is 11.4. The Kier molecular flexibility index (Phi) is 2.86. The van der Waals surface area contributed by atoms with E-state index in [9.17, 15) is 14.4 Å². The van der Waals surface area contributed by atoms with Gasteiger partial charge in [-0.15, -0.1) is 0 Å². The highest BCUT2D eigenvalue weighted by Crippen LogP contribution is 2.25. The highest BCUT2D eigenvalue weighted by molar-refractivity contribution is 6.13. The van der Waals surface area contributed by atoms with Crippen molar-refractivity contribution in [2.24, 2.45) is 0 Å². The molecule has 1 N–H and O–H groups in total. The number of hydrogen-bond acceptors (Lipinski definition) is 5. The molecule has 0 bridgehead atoms. The molecule has 0 radical (unpaired) electrons. The van der Waals surface area contributed by atoms with Gasteiger partial charge in [0.05, 0.1) is 24.1 Å². The maximum atomic E-state index is 11.8. The number of esters is 1. The number of aromatic nitrogens is 2. The number of methoxy groups -OCH3 is 1. The standard InChI is InChI=1S/C13H12N4O4/c1-7-4-16-5-8(12(19)21-2)3-9(11(16)14-7)17-6-10(18)15-13(17)20/h3-5H,6H2,1-2H3,(H,15,18,20). The zero-order chi connectivity index (χ0) is 15.1. The van der Waals surface area contributed by atoms with Crippen LogP contribution >= 0.6 is 0 Å². The summed E-state index contributed by atoms with van der Waals surface area (Å²) >= 11 is 0. The molecule has 1 aliphatic heterocycles. The van der Waals surface area contributed by atoms with Crippen LogP contribution in [0.15, 0.2) is 18.5 Å². The summed E-state index contributed by atoms with van der Waals surface area (Å²) in [6.07, 6.45) is 3.29. The summed E-state index contributed by atoms with van der Waals surface area (Å²) in [4.78, 5) is 40.5. The van der Waals surface area contributed by atoms with Crippen LogP contribution in [0.2, 0.25) is 0 Å². The summed E-state index contributed by atoms with van der Waals surface area (Å²) < 4.78 is 6.33. The number of imidazole rings is 1. The summed E-state index contributed by atoms with van der Waals surface area (Å²) in [5, 5.41) is 2.19. The van der Waals surface area contributed by atoms with Crippen LogP contribution in [-0.4, -0.2) is 40.9 Å². The van der Waals surface area contributed by atoms with Crippen LogP contribution in [0.3, 0.4) is 0 Å². The Morgan fingerprint density at radius 1 is 1.38 bits per heavy atom. The molecule has 0 atom stereocenters. The lowest BCUT2D eigenvalue weighted by atomic mass is 10.2. The molecule has 0 spiro atoms. The lowest BCUT2D eigenvalue weighted by molar-refractivity contribution is -0.117. The molecule has 3 rings (SSSR count). The molecule has 8 heteroatoms. The number of anilines is 1. The van der Waals surface area contributed by atoms with Crippen LogP contribution in [-0.2, 0) is 9.53 Å². The maximum absolute atomic E-state index is 11.8. The first-order valence-corrected chi connectivity index (χ1v) is 6.18. The van der Waals surface area contributed by atoms with E-state index in [1.165, 1.54) is 18.1 Å². The van der Waals surface area contributed by atoms with Gasteiger partial charge in [0.15, 0.2) is 5.65 Å². The van der Waals surface area contributed by atoms with Gasteiger partial charge in [0.25, 0.3) is 0 Å². The van der Waals surface area contributed by atoms with Crippen molar-refractivity contribution in [3.05, 3.63) is 29.7 Å². The summed E-state index contributed by atoms with van der Waals surface area (Å²) in [6.45, 7) is 1.69. The van der Waals surface area contributed by atoms with E-state index >= 15 is 0 Å². The molecule has 8 nitrogen and oxygen atoms in total. The van der Waals surface area contributed by atoms with E-state index in [0.29, 0.717) is 11.3 Å². The Morgan fingerprint density at radius 3 is 2.76 bits per heavy atom. The second kappa shape index (κ2) is 4.58. The Morgan fingerprint density at radius 2 is 2.14 bits per heavy atom. The molecule has 2 aromatic rings. The number of nitrogens with one attached hydrogen (secondary N) is 1. The van der Waals surface area contributed by atoms with Gasteiger partial charge in [-0.1, -0.05) is 0 Å². The molecule has 108 valence electrons. The van der Waals surface area contributed by atoms with E-state index < -0.39 is 17.9 Å². The van der Waals surface area contributed by atoms with Crippen molar-refractivity contribution in [1.82, 2.24) is 14.7 Å². The van der Waals surface area contributed by atoms with Gasteiger partial charge in [-0.25, -0.2) is 14.6 Å². The van der Waals surface area contributed by atoms with E-state index in [-0.39, 0.29) is 12.1 Å². The Balaban J connectivity index is 2.21. The van der Waals surface area contributed by atoms with E-state index in [1.807, 2.05) is 0 Å². The molecule has 1 aliphatic rings. The monoisotopic (exact) mass is 288 g/mol. The van der Waals surface area contributed by atoms with Crippen molar-refractivity contribution in [2.75, 3.05) is 18.6 Å². The highest BCUT2D eigenvalue weighted by Gasteiger charge is 2.30. The van der Waals surface area contributed by atoms with Crippen LogP contribution < -0.4 is 10.2 Å². The quantitative estimate of drug-likeness (QED) is 0.641. The summed E-state index contributed by atoms with van der Waals surface area (Å²) in [5.74, 6) is -0.930. The van der Waals surface area contributed by atoms with Crippen LogP contribution in [0, 0.1) is 6.92 Å². The van der Waals surface area contributed by atoms with Gasteiger partial charge in [-0.3, -0.25) is 15.0 Å². The first kappa shape index (κ1) is 13.1. The van der Waals surface area contributed by atoms with Gasteiger partial charge in [-0.2, -0.15) is 0 Å². The Bertz CT molecular complexity index is 780. The number of hydrogen-bond donors (Lipinski definition) is 1. The molecule has 1 fully saturated rings. The number of nitrogens with zero attached hydrogens (tertiary/aromatic N) is 3.